The van der Waals surface area contributed by atoms with Crippen LogP contribution in [0.5, 0.6) is 5.75 Å². The van der Waals surface area contributed by atoms with Crippen molar-refractivity contribution in [3.8, 4) is 5.75 Å². The van der Waals surface area contributed by atoms with Crippen molar-refractivity contribution in [1.29, 1.82) is 0 Å². The molecule has 24 heavy (non-hydrogen) atoms. The van der Waals surface area contributed by atoms with Crippen LogP contribution >= 0.6 is 11.6 Å². The highest BCUT2D eigenvalue weighted by molar-refractivity contribution is 6.32. The second-order valence-electron chi connectivity index (χ2n) is 5.84. The van der Waals surface area contributed by atoms with E-state index in [1.165, 1.54) is 0 Å². The number of nitrogens with zero attached hydrogens (tertiary/aromatic N) is 1. The largest absolute Gasteiger partial charge is 0.495 e. The topological polar surface area (TPSA) is 63.2 Å². The molecule has 2 aromatic rings. The number of anilines is 2. The van der Waals surface area contributed by atoms with Gasteiger partial charge in [-0.15, -0.1) is 0 Å². The van der Waals surface area contributed by atoms with Crippen LogP contribution in [0.4, 0.5) is 11.4 Å². The average Bonchev–Trinajstić information content (AvgIpc) is 2.55. The first-order valence-electron chi connectivity index (χ1n) is 7.84. The number of hydrogen-bond donors (Lipinski definition) is 2. The molecule has 6 heteroatoms. The lowest BCUT2D eigenvalue weighted by molar-refractivity contribution is 0.0947. The number of carbonyl (C=O) groups excluding carboxylic acids is 1. The van der Waals surface area contributed by atoms with E-state index < -0.39 is 0 Å². The van der Waals surface area contributed by atoms with Crippen molar-refractivity contribution < 1.29 is 9.53 Å². The van der Waals surface area contributed by atoms with Gasteiger partial charge in [0.15, 0.2) is 0 Å². The summed E-state index contributed by atoms with van der Waals surface area (Å²) < 4.78 is 5.13. The Labute approximate surface area is 147 Å². The van der Waals surface area contributed by atoms with Crippen LogP contribution < -0.4 is 15.4 Å². The van der Waals surface area contributed by atoms with Crippen LogP contribution in [0.2, 0.25) is 5.02 Å². The molecule has 1 aromatic carbocycles. The van der Waals surface area contributed by atoms with Gasteiger partial charge in [0.05, 0.1) is 12.1 Å². The first-order chi connectivity index (χ1) is 11.5. The normalized spacial score (nSPS) is 10.5. The number of aromatic nitrogens is 1. The molecule has 0 bridgehead atoms. The van der Waals surface area contributed by atoms with Gasteiger partial charge < -0.3 is 15.4 Å². The zero-order valence-electron chi connectivity index (χ0n) is 14.1. The summed E-state index contributed by atoms with van der Waals surface area (Å²) in [5, 5.41) is 6.60. The van der Waals surface area contributed by atoms with Gasteiger partial charge in [0, 0.05) is 24.1 Å². The van der Waals surface area contributed by atoms with E-state index in [-0.39, 0.29) is 5.91 Å². The molecular formula is C18H22ClN3O2. The van der Waals surface area contributed by atoms with Crippen molar-refractivity contribution in [2.75, 3.05) is 19.0 Å². The van der Waals surface area contributed by atoms with Crippen molar-refractivity contribution in [2.24, 2.45) is 5.92 Å². The van der Waals surface area contributed by atoms with E-state index in [4.69, 9.17) is 16.3 Å². The van der Waals surface area contributed by atoms with Crippen molar-refractivity contribution in [3.05, 3.63) is 47.2 Å². The van der Waals surface area contributed by atoms with Crippen molar-refractivity contribution in [1.82, 2.24) is 10.3 Å². The minimum atomic E-state index is -0.174. The molecule has 0 aliphatic heterocycles. The summed E-state index contributed by atoms with van der Waals surface area (Å²) in [7, 11) is 1.57. The Morgan fingerprint density at radius 1 is 1.25 bits per heavy atom. The number of nitrogens with one attached hydrogen (secondary N) is 2. The Morgan fingerprint density at radius 2 is 2.00 bits per heavy atom. The zero-order valence-corrected chi connectivity index (χ0v) is 14.9. The summed E-state index contributed by atoms with van der Waals surface area (Å²) >= 11 is 6.12. The van der Waals surface area contributed by atoms with Gasteiger partial charge in [0.2, 0.25) is 0 Å². The molecule has 2 N–H and O–H groups in total. The fraction of sp³-hybridized carbons (Fsp3) is 0.333. The third-order valence-electron chi connectivity index (χ3n) is 3.44. The highest BCUT2D eigenvalue weighted by Crippen LogP contribution is 2.28. The molecule has 1 amide bonds. The van der Waals surface area contributed by atoms with Gasteiger partial charge in [0.1, 0.15) is 11.4 Å². The van der Waals surface area contributed by atoms with Crippen LogP contribution in [0.25, 0.3) is 0 Å². The van der Waals surface area contributed by atoms with E-state index in [1.54, 1.807) is 37.6 Å². The van der Waals surface area contributed by atoms with Gasteiger partial charge in [-0.2, -0.15) is 0 Å². The van der Waals surface area contributed by atoms with E-state index in [1.807, 2.05) is 6.07 Å². The van der Waals surface area contributed by atoms with Crippen LogP contribution in [0.1, 0.15) is 30.8 Å². The van der Waals surface area contributed by atoms with E-state index in [0.29, 0.717) is 28.9 Å². The van der Waals surface area contributed by atoms with E-state index >= 15 is 0 Å². The number of rotatable bonds is 7. The molecule has 0 atom stereocenters. The molecule has 0 aliphatic rings. The van der Waals surface area contributed by atoms with Crippen LogP contribution in [0.3, 0.4) is 0 Å². The van der Waals surface area contributed by atoms with Crippen molar-refractivity contribution >= 4 is 28.9 Å². The van der Waals surface area contributed by atoms with E-state index in [9.17, 15) is 4.79 Å². The van der Waals surface area contributed by atoms with Gasteiger partial charge in [-0.05, 0) is 42.7 Å². The molecule has 5 nitrogen and oxygen atoms in total. The molecule has 0 radical (unpaired) electrons. The molecule has 0 unspecified atom stereocenters. The highest BCUT2D eigenvalue weighted by Gasteiger charge is 2.08. The molecule has 2 rings (SSSR count). The fourth-order valence-electron chi connectivity index (χ4n) is 2.11. The maximum atomic E-state index is 12.1. The zero-order chi connectivity index (χ0) is 17.5. The quantitative estimate of drug-likeness (QED) is 0.785. The van der Waals surface area contributed by atoms with E-state index in [0.717, 1.165) is 17.8 Å². The standard InChI is InChI=1S/C18H22ClN3O2/c1-12(2)6-8-21-18(23)16-11-14(7-9-20-16)22-13-4-5-17(24-3)15(19)10-13/h4-5,7,9-12H,6,8H2,1-3H3,(H,20,22)(H,21,23). The Hall–Kier alpha value is -2.27. The number of hydrogen-bond acceptors (Lipinski definition) is 4. The van der Waals surface area contributed by atoms with Gasteiger partial charge >= 0.3 is 0 Å². The minimum absolute atomic E-state index is 0.174. The fourth-order valence-corrected chi connectivity index (χ4v) is 2.37. The number of methoxy groups -OCH3 is 1. The van der Waals surface area contributed by atoms with E-state index in [2.05, 4.69) is 29.5 Å². The predicted molar refractivity (Wildman–Crippen MR) is 97.3 cm³/mol. The summed E-state index contributed by atoms with van der Waals surface area (Å²) in [6, 6.07) is 8.91. The summed E-state index contributed by atoms with van der Waals surface area (Å²) in [6.45, 7) is 4.88. The Kier molecular flexibility index (Phi) is 6.44. The number of pyridine rings is 1. The van der Waals surface area contributed by atoms with Crippen molar-refractivity contribution in [3.63, 3.8) is 0 Å². The summed E-state index contributed by atoms with van der Waals surface area (Å²) in [6.07, 6.45) is 2.54. The lowest BCUT2D eigenvalue weighted by atomic mass is 10.1. The van der Waals surface area contributed by atoms with Gasteiger partial charge in [-0.3, -0.25) is 9.78 Å². The second-order valence-corrected chi connectivity index (χ2v) is 6.25. The van der Waals surface area contributed by atoms with Gasteiger partial charge in [0.25, 0.3) is 5.91 Å². The third kappa shape index (κ3) is 5.13. The summed E-state index contributed by atoms with van der Waals surface area (Å²) in [5.41, 5.74) is 1.95. The first kappa shape index (κ1) is 18.1. The number of amides is 1. The number of ether oxygens (including phenoxy) is 1. The minimum Gasteiger partial charge on any atom is -0.495 e. The van der Waals surface area contributed by atoms with Crippen LogP contribution in [-0.4, -0.2) is 24.5 Å². The summed E-state index contributed by atoms with van der Waals surface area (Å²) in [4.78, 5) is 16.3. The second kappa shape index (κ2) is 8.55. The molecule has 128 valence electrons. The van der Waals surface area contributed by atoms with Gasteiger partial charge in [-0.1, -0.05) is 25.4 Å². The van der Waals surface area contributed by atoms with Crippen molar-refractivity contribution in [2.45, 2.75) is 20.3 Å². The lowest BCUT2D eigenvalue weighted by Crippen LogP contribution is -2.26. The molecule has 1 heterocycles. The Morgan fingerprint density at radius 3 is 2.67 bits per heavy atom. The molecule has 1 aromatic heterocycles. The molecular weight excluding hydrogens is 326 g/mol. The predicted octanol–water partition coefficient (Wildman–Crippen LogP) is 4.26. The van der Waals surface area contributed by atoms with Gasteiger partial charge in [-0.25, -0.2) is 0 Å². The van der Waals surface area contributed by atoms with Crippen LogP contribution in [0.15, 0.2) is 36.5 Å². The highest BCUT2D eigenvalue weighted by atomic mass is 35.5. The lowest BCUT2D eigenvalue weighted by Gasteiger charge is -2.10. The van der Waals surface area contributed by atoms with Crippen LogP contribution in [0, 0.1) is 5.92 Å². The molecule has 0 spiro atoms. The summed E-state index contributed by atoms with van der Waals surface area (Å²) in [5.74, 6) is 0.986. The SMILES string of the molecule is COc1ccc(Nc2ccnc(C(=O)NCCC(C)C)c2)cc1Cl. The number of carbonyl (C=O) groups is 1. The number of halogens is 1. The molecule has 0 fully saturated rings. The maximum absolute atomic E-state index is 12.1. The van der Waals surface area contributed by atoms with Crippen LogP contribution in [-0.2, 0) is 0 Å². The third-order valence-corrected chi connectivity index (χ3v) is 3.74. The Bertz CT molecular complexity index is 704. The smallest absolute Gasteiger partial charge is 0.269 e. The number of benzene rings is 1. The first-order valence-corrected chi connectivity index (χ1v) is 8.22. The average molecular weight is 348 g/mol. The monoisotopic (exact) mass is 347 g/mol. The Balaban J connectivity index is 2.04. The maximum Gasteiger partial charge on any atom is 0.269 e. The molecule has 0 saturated carbocycles. The molecule has 0 aliphatic carbocycles. The molecule has 0 saturated heterocycles.